The van der Waals surface area contributed by atoms with Crippen molar-refractivity contribution in [1.82, 2.24) is 14.9 Å². The predicted octanol–water partition coefficient (Wildman–Crippen LogP) is 5.30. The molecule has 1 aromatic carbocycles. The molecule has 4 nitrogen and oxygen atoms in total. The van der Waals surface area contributed by atoms with Crippen LogP contribution in [0.2, 0.25) is 5.02 Å². The summed E-state index contributed by atoms with van der Waals surface area (Å²) in [6.07, 6.45) is 6.14. The van der Waals surface area contributed by atoms with Crippen molar-refractivity contribution < 1.29 is 4.79 Å². The SMILES string of the molecule is O=C(c1cnc(C2CC2)s1)N1CCC(c2nc3cc(Cl)ccc3s2)CC1. The predicted molar refractivity (Wildman–Crippen MR) is 107 cm³/mol. The molecule has 3 aromatic rings. The van der Waals surface area contributed by atoms with E-state index in [1.807, 2.05) is 23.1 Å². The zero-order valence-corrected chi connectivity index (χ0v) is 16.5. The zero-order chi connectivity index (χ0) is 17.7. The molecule has 0 bridgehead atoms. The standard InChI is InChI=1S/C19H18ClN3OS2/c20-13-3-4-15-14(9-13)22-18(25-15)12-5-7-23(8-6-12)19(24)16-10-21-17(26-16)11-1-2-11/h3-4,9-12H,1-2,5-8H2. The third kappa shape index (κ3) is 3.15. The van der Waals surface area contributed by atoms with Gasteiger partial charge < -0.3 is 4.90 Å². The van der Waals surface area contributed by atoms with E-state index in [1.54, 1.807) is 28.9 Å². The van der Waals surface area contributed by atoms with Gasteiger partial charge in [-0.3, -0.25) is 4.79 Å². The molecule has 2 fully saturated rings. The molecule has 1 saturated heterocycles. The van der Waals surface area contributed by atoms with Gasteiger partial charge in [0.1, 0.15) is 4.88 Å². The summed E-state index contributed by atoms with van der Waals surface area (Å²) >= 11 is 9.40. The number of carbonyl (C=O) groups excluding carboxylic acids is 1. The van der Waals surface area contributed by atoms with Crippen molar-refractivity contribution in [2.75, 3.05) is 13.1 Å². The van der Waals surface area contributed by atoms with Crippen LogP contribution in [0.3, 0.4) is 0 Å². The molecule has 0 radical (unpaired) electrons. The van der Waals surface area contributed by atoms with Gasteiger partial charge in [-0.1, -0.05) is 11.6 Å². The minimum Gasteiger partial charge on any atom is -0.338 e. The summed E-state index contributed by atoms with van der Waals surface area (Å²) in [6, 6.07) is 5.88. The first-order valence-corrected chi connectivity index (χ1v) is 11.0. The Morgan fingerprint density at radius 1 is 1.08 bits per heavy atom. The van der Waals surface area contributed by atoms with Gasteiger partial charge in [-0.05, 0) is 43.9 Å². The number of nitrogens with zero attached hydrogens (tertiary/aromatic N) is 3. The van der Waals surface area contributed by atoms with Crippen molar-refractivity contribution in [2.45, 2.75) is 37.5 Å². The first kappa shape index (κ1) is 16.7. The number of hydrogen-bond acceptors (Lipinski definition) is 5. The maximum Gasteiger partial charge on any atom is 0.265 e. The molecule has 3 heterocycles. The Morgan fingerprint density at radius 2 is 1.85 bits per heavy atom. The largest absolute Gasteiger partial charge is 0.338 e. The number of benzene rings is 1. The molecule has 2 aromatic heterocycles. The van der Waals surface area contributed by atoms with Crippen LogP contribution in [0.4, 0.5) is 0 Å². The van der Waals surface area contributed by atoms with Crippen molar-refractivity contribution in [1.29, 1.82) is 0 Å². The molecule has 134 valence electrons. The molecule has 1 saturated carbocycles. The van der Waals surface area contributed by atoms with E-state index in [0.717, 1.165) is 46.4 Å². The Bertz CT molecular complexity index is 970. The fraction of sp³-hybridized carbons (Fsp3) is 0.421. The van der Waals surface area contributed by atoms with Crippen molar-refractivity contribution in [3.05, 3.63) is 44.3 Å². The zero-order valence-electron chi connectivity index (χ0n) is 14.2. The van der Waals surface area contributed by atoms with E-state index in [9.17, 15) is 4.79 Å². The molecule has 26 heavy (non-hydrogen) atoms. The first-order valence-electron chi connectivity index (χ1n) is 8.98. The van der Waals surface area contributed by atoms with E-state index in [2.05, 4.69) is 4.98 Å². The van der Waals surface area contributed by atoms with E-state index < -0.39 is 0 Å². The van der Waals surface area contributed by atoms with Gasteiger partial charge in [-0.15, -0.1) is 22.7 Å². The van der Waals surface area contributed by atoms with Crippen molar-refractivity contribution in [3.63, 3.8) is 0 Å². The van der Waals surface area contributed by atoms with Gasteiger partial charge in [0.25, 0.3) is 5.91 Å². The Morgan fingerprint density at radius 3 is 2.62 bits per heavy atom. The third-order valence-corrected chi connectivity index (χ3v) is 7.74. The highest BCUT2D eigenvalue weighted by molar-refractivity contribution is 7.18. The summed E-state index contributed by atoms with van der Waals surface area (Å²) in [5.74, 6) is 1.18. The third-order valence-electron chi connectivity index (χ3n) is 5.16. The van der Waals surface area contributed by atoms with Crippen LogP contribution in [0.15, 0.2) is 24.4 Å². The first-order chi connectivity index (χ1) is 12.7. The second kappa shape index (κ2) is 6.59. The number of thiazole rings is 2. The normalized spacial score (nSPS) is 18.6. The van der Waals surface area contributed by atoms with Gasteiger partial charge in [0.15, 0.2) is 0 Å². The van der Waals surface area contributed by atoms with Crippen LogP contribution in [0, 0.1) is 0 Å². The minimum atomic E-state index is 0.143. The lowest BCUT2D eigenvalue weighted by molar-refractivity contribution is 0.0717. The monoisotopic (exact) mass is 403 g/mol. The highest BCUT2D eigenvalue weighted by Crippen LogP contribution is 2.42. The summed E-state index contributed by atoms with van der Waals surface area (Å²) in [4.78, 5) is 24.7. The number of piperidine rings is 1. The molecule has 1 aliphatic heterocycles. The molecule has 2 aliphatic rings. The van der Waals surface area contributed by atoms with Crippen LogP contribution in [-0.4, -0.2) is 33.9 Å². The molecular formula is C19H18ClN3OS2. The number of halogens is 1. The second-order valence-corrected chi connectivity index (χ2v) is 9.63. The lowest BCUT2D eigenvalue weighted by Crippen LogP contribution is -2.37. The van der Waals surface area contributed by atoms with Gasteiger partial charge in [0, 0.05) is 29.9 Å². The Balaban J connectivity index is 1.26. The lowest BCUT2D eigenvalue weighted by Gasteiger charge is -2.30. The highest BCUT2D eigenvalue weighted by atomic mass is 35.5. The number of fused-ring (bicyclic) bond motifs is 1. The molecule has 5 rings (SSSR count). The number of hydrogen-bond donors (Lipinski definition) is 0. The van der Waals surface area contributed by atoms with Gasteiger partial charge in [-0.2, -0.15) is 0 Å². The smallest absolute Gasteiger partial charge is 0.265 e. The fourth-order valence-electron chi connectivity index (χ4n) is 3.48. The summed E-state index contributed by atoms with van der Waals surface area (Å²) in [7, 11) is 0. The summed E-state index contributed by atoms with van der Waals surface area (Å²) in [6.45, 7) is 1.58. The number of likely N-dealkylation sites (tertiary alicyclic amines) is 1. The van der Waals surface area contributed by atoms with Crippen LogP contribution >= 0.6 is 34.3 Å². The van der Waals surface area contributed by atoms with E-state index in [0.29, 0.717) is 11.8 Å². The second-order valence-electron chi connectivity index (χ2n) is 7.07. The molecule has 0 N–H and O–H groups in total. The van der Waals surface area contributed by atoms with E-state index in [4.69, 9.17) is 16.6 Å². The van der Waals surface area contributed by atoms with E-state index in [1.165, 1.54) is 22.5 Å². The van der Waals surface area contributed by atoms with Crippen LogP contribution in [0.1, 0.15) is 57.2 Å². The molecule has 0 atom stereocenters. The van der Waals surface area contributed by atoms with Gasteiger partial charge in [0.2, 0.25) is 0 Å². The van der Waals surface area contributed by atoms with Crippen LogP contribution in [-0.2, 0) is 0 Å². The maximum absolute atomic E-state index is 12.7. The lowest BCUT2D eigenvalue weighted by atomic mass is 9.97. The average Bonchev–Trinajstić information content (AvgIpc) is 3.24. The Labute approximate surface area is 164 Å². The average molecular weight is 404 g/mol. The number of amides is 1. The van der Waals surface area contributed by atoms with Gasteiger partial charge in [-0.25, -0.2) is 9.97 Å². The number of aromatic nitrogens is 2. The quantitative estimate of drug-likeness (QED) is 0.595. The Hall–Kier alpha value is -1.50. The molecule has 0 unspecified atom stereocenters. The molecular weight excluding hydrogens is 386 g/mol. The van der Waals surface area contributed by atoms with Crippen LogP contribution < -0.4 is 0 Å². The van der Waals surface area contributed by atoms with Crippen molar-refractivity contribution in [3.8, 4) is 0 Å². The van der Waals surface area contributed by atoms with Crippen molar-refractivity contribution >= 4 is 50.4 Å². The summed E-state index contributed by atoms with van der Waals surface area (Å²) in [5.41, 5.74) is 0.980. The maximum atomic E-state index is 12.7. The Kier molecular flexibility index (Phi) is 4.22. The molecule has 7 heteroatoms. The number of rotatable bonds is 3. The van der Waals surface area contributed by atoms with E-state index in [-0.39, 0.29) is 5.91 Å². The van der Waals surface area contributed by atoms with Gasteiger partial charge in [0.05, 0.1) is 26.4 Å². The molecule has 1 aliphatic carbocycles. The fourth-order valence-corrected chi connectivity index (χ4v) is 5.82. The summed E-state index contributed by atoms with van der Waals surface area (Å²) in [5, 5.41) is 3.03. The van der Waals surface area contributed by atoms with Crippen molar-refractivity contribution in [2.24, 2.45) is 0 Å². The summed E-state index contributed by atoms with van der Waals surface area (Å²) < 4.78 is 1.18. The minimum absolute atomic E-state index is 0.143. The number of carbonyl (C=O) groups is 1. The van der Waals surface area contributed by atoms with Crippen LogP contribution in [0.25, 0.3) is 10.2 Å². The highest BCUT2D eigenvalue weighted by Gasteiger charge is 2.30. The van der Waals surface area contributed by atoms with E-state index >= 15 is 0 Å². The topological polar surface area (TPSA) is 46.1 Å². The van der Waals surface area contributed by atoms with Crippen LogP contribution in [0.5, 0.6) is 0 Å². The molecule has 0 spiro atoms. The van der Waals surface area contributed by atoms with Gasteiger partial charge >= 0.3 is 0 Å². The molecule has 1 amide bonds.